The van der Waals surface area contributed by atoms with Crippen LogP contribution in [-0.4, -0.2) is 17.6 Å². The smallest absolute Gasteiger partial charge is 0.320 e. The Morgan fingerprint density at radius 3 is 2.47 bits per heavy atom. The predicted octanol–water partition coefficient (Wildman–Crippen LogP) is 2.81. The number of halogens is 3. The van der Waals surface area contributed by atoms with Gasteiger partial charge in [-0.2, -0.15) is 8.78 Å². The average molecular weight is 262 g/mol. The SMILES string of the molecule is CC(=O)C(F)(F)C(=O)Nc1cc(Cl)ccc1C. The number of alkyl halides is 2. The lowest BCUT2D eigenvalue weighted by Gasteiger charge is -2.14. The molecule has 92 valence electrons. The fourth-order valence-corrected chi connectivity index (χ4v) is 1.26. The lowest BCUT2D eigenvalue weighted by molar-refractivity contribution is -0.153. The molecule has 1 aromatic rings. The first-order valence-electron chi connectivity index (χ1n) is 4.71. The van der Waals surface area contributed by atoms with E-state index in [2.05, 4.69) is 0 Å². The maximum Gasteiger partial charge on any atom is 0.381 e. The van der Waals surface area contributed by atoms with E-state index in [1.807, 2.05) is 5.32 Å². The standard InChI is InChI=1S/C11H10ClF2NO2/c1-6-3-4-8(12)5-9(6)15-10(17)11(13,14)7(2)16/h3-5H,1-2H3,(H,15,17). The van der Waals surface area contributed by atoms with Gasteiger partial charge in [-0.25, -0.2) is 0 Å². The van der Waals surface area contributed by atoms with E-state index in [1.165, 1.54) is 6.07 Å². The first-order chi connectivity index (χ1) is 7.75. The zero-order valence-electron chi connectivity index (χ0n) is 9.18. The van der Waals surface area contributed by atoms with Gasteiger partial charge in [0.25, 0.3) is 0 Å². The Morgan fingerprint density at radius 1 is 1.35 bits per heavy atom. The summed E-state index contributed by atoms with van der Waals surface area (Å²) in [6.07, 6.45) is 0. The number of nitrogens with one attached hydrogen (secondary N) is 1. The minimum atomic E-state index is -4.03. The van der Waals surface area contributed by atoms with Gasteiger partial charge in [0, 0.05) is 17.6 Å². The van der Waals surface area contributed by atoms with Crippen LogP contribution in [0.25, 0.3) is 0 Å². The van der Waals surface area contributed by atoms with E-state index in [-0.39, 0.29) is 5.69 Å². The van der Waals surface area contributed by atoms with Crippen LogP contribution < -0.4 is 5.32 Å². The molecule has 0 unspecified atom stereocenters. The Kier molecular flexibility index (Phi) is 3.83. The lowest BCUT2D eigenvalue weighted by atomic mass is 10.1. The van der Waals surface area contributed by atoms with E-state index in [1.54, 1.807) is 19.1 Å². The number of aryl methyl sites for hydroxylation is 1. The quantitative estimate of drug-likeness (QED) is 0.851. The van der Waals surface area contributed by atoms with Crippen molar-refractivity contribution in [2.24, 2.45) is 0 Å². The number of amides is 1. The Balaban J connectivity index is 2.96. The van der Waals surface area contributed by atoms with Gasteiger partial charge in [-0.15, -0.1) is 0 Å². The molecule has 0 aromatic heterocycles. The number of hydrogen-bond acceptors (Lipinski definition) is 2. The molecule has 0 aliphatic heterocycles. The van der Waals surface area contributed by atoms with E-state index >= 15 is 0 Å². The van der Waals surface area contributed by atoms with Crippen molar-refractivity contribution in [2.75, 3.05) is 5.32 Å². The molecule has 0 fully saturated rings. The van der Waals surface area contributed by atoms with E-state index < -0.39 is 17.6 Å². The number of rotatable bonds is 3. The summed E-state index contributed by atoms with van der Waals surface area (Å²) < 4.78 is 26.1. The lowest BCUT2D eigenvalue weighted by Crippen LogP contribution is -2.40. The Hall–Kier alpha value is -1.49. The zero-order chi connectivity index (χ0) is 13.2. The zero-order valence-corrected chi connectivity index (χ0v) is 9.94. The van der Waals surface area contributed by atoms with Crippen molar-refractivity contribution >= 4 is 29.0 Å². The van der Waals surface area contributed by atoms with Gasteiger partial charge in [-0.05, 0) is 24.6 Å². The van der Waals surface area contributed by atoms with Gasteiger partial charge in [0.1, 0.15) is 0 Å². The predicted molar refractivity (Wildman–Crippen MR) is 60.4 cm³/mol. The first kappa shape index (κ1) is 13.6. The average Bonchev–Trinajstić information content (AvgIpc) is 2.23. The number of anilines is 1. The van der Waals surface area contributed by atoms with Crippen LogP contribution in [0.3, 0.4) is 0 Å². The summed E-state index contributed by atoms with van der Waals surface area (Å²) in [6.45, 7) is 2.28. The van der Waals surface area contributed by atoms with Crippen LogP contribution in [0.2, 0.25) is 5.02 Å². The maximum atomic E-state index is 13.1. The molecule has 3 nitrogen and oxygen atoms in total. The minimum Gasteiger partial charge on any atom is -0.320 e. The van der Waals surface area contributed by atoms with Crippen molar-refractivity contribution < 1.29 is 18.4 Å². The summed E-state index contributed by atoms with van der Waals surface area (Å²) >= 11 is 5.67. The third kappa shape index (κ3) is 3.00. The highest BCUT2D eigenvalue weighted by molar-refractivity contribution is 6.31. The van der Waals surface area contributed by atoms with Crippen LogP contribution in [0, 0.1) is 6.92 Å². The molecule has 0 saturated heterocycles. The number of carbonyl (C=O) groups excluding carboxylic acids is 2. The molecule has 0 radical (unpaired) electrons. The maximum absolute atomic E-state index is 13.1. The van der Waals surface area contributed by atoms with Crippen molar-refractivity contribution in [3.05, 3.63) is 28.8 Å². The van der Waals surface area contributed by atoms with E-state index in [0.717, 1.165) is 0 Å². The molecule has 1 N–H and O–H groups in total. The van der Waals surface area contributed by atoms with E-state index in [9.17, 15) is 18.4 Å². The van der Waals surface area contributed by atoms with Crippen LogP contribution >= 0.6 is 11.6 Å². The van der Waals surface area contributed by atoms with Crippen LogP contribution in [0.4, 0.5) is 14.5 Å². The highest BCUT2D eigenvalue weighted by Crippen LogP contribution is 2.23. The molecule has 1 aromatic carbocycles. The van der Waals surface area contributed by atoms with Gasteiger partial charge < -0.3 is 5.32 Å². The number of carbonyl (C=O) groups is 2. The largest absolute Gasteiger partial charge is 0.381 e. The number of hydrogen-bond donors (Lipinski definition) is 1. The molecule has 1 amide bonds. The van der Waals surface area contributed by atoms with E-state index in [0.29, 0.717) is 17.5 Å². The van der Waals surface area contributed by atoms with Crippen LogP contribution in [0.5, 0.6) is 0 Å². The molecular formula is C11H10ClF2NO2. The molecule has 0 saturated carbocycles. The Bertz CT molecular complexity index is 475. The summed E-state index contributed by atoms with van der Waals surface area (Å²) in [5.74, 6) is -7.19. The van der Waals surface area contributed by atoms with Crippen LogP contribution in [0.15, 0.2) is 18.2 Å². The third-order valence-corrected chi connectivity index (χ3v) is 2.41. The summed E-state index contributed by atoms with van der Waals surface area (Å²) in [4.78, 5) is 21.8. The second kappa shape index (κ2) is 4.79. The van der Waals surface area contributed by atoms with Crippen molar-refractivity contribution in [1.29, 1.82) is 0 Å². The normalized spacial score (nSPS) is 11.1. The molecule has 0 bridgehead atoms. The summed E-state index contributed by atoms with van der Waals surface area (Å²) in [6, 6.07) is 4.48. The van der Waals surface area contributed by atoms with Crippen molar-refractivity contribution in [2.45, 2.75) is 19.8 Å². The monoisotopic (exact) mass is 261 g/mol. The van der Waals surface area contributed by atoms with Crippen LogP contribution in [0.1, 0.15) is 12.5 Å². The molecule has 0 aliphatic carbocycles. The van der Waals surface area contributed by atoms with Gasteiger partial charge in [0.05, 0.1) is 0 Å². The summed E-state index contributed by atoms with van der Waals surface area (Å²) in [5, 5.41) is 2.28. The van der Waals surface area contributed by atoms with Gasteiger partial charge in [-0.3, -0.25) is 9.59 Å². The molecule has 0 spiro atoms. The second-order valence-electron chi connectivity index (χ2n) is 3.54. The number of ketones is 1. The minimum absolute atomic E-state index is 0.156. The Morgan fingerprint density at radius 2 is 1.94 bits per heavy atom. The molecule has 17 heavy (non-hydrogen) atoms. The summed E-state index contributed by atoms with van der Waals surface area (Å²) in [5.41, 5.74) is 0.727. The summed E-state index contributed by atoms with van der Waals surface area (Å²) in [7, 11) is 0. The molecule has 1 rings (SSSR count). The van der Waals surface area contributed by atoms with Crippen LogP contribution in [-0.2, 0) is 9.59 Å². The third-order valence-electron chi connectivity index (χ3n) is 2.18. The van der Waals surface area contributed by atoms with Crippen molar-refractivity contribution in [3.8, 4) is 0 Å². The number of Topliss-reactive ketones (excluding diaryl/α,β-unsaturated/α-hetero) is 1. The molecule has 0 aliphatic rings. The van der Waals surface area contributed by atoms with Gasteiger partial charge >= 0.3 is 11.8 Å². The number of benzene rings is 1. The topological polar surface area (TPSA) is 46.2 Å². The highest BCUT2D eigenvalue weighted by Gasteiger charge is 2.44. The van der Waals surface area contributed by atoms with Crippen molar-refractivity contribution in [1.82, 2.24) is 0 Å². The van der Waals surface area contributed by atoms with Gasteiger partial charge in [0.2, 0.25) is 5.78 Å². The van der Waals surface area contributed by atoms with Crippen molar-refractivity contribution in [3.63, 3.8) is 0 Å². The first-order valence-corrected chi connectivity index (χ1v) is 5.09. The highest BCUT2D eigenvalue weighted by atomic mass is 35.5. The Labute approximate surface area is 102 Å². The molecule has 6 heteroatoms. The molecular weight excluding hydrogens is 252 g/mol. The van der Waals surface area contributed by atoms with Gasteiger partial charge in [-0.1, -0.05) is 17.7 Å². The van der Waals surface area contributed by atoms with Gasteiger partial charge in [0.15, 0.2) is 0 Å². The van der Waals surface area contributed by atoms with E-state index in [4.69, 9.17) is 11.6 Å². The fourth-order valence-electron chi connectivity index (χ4n) is 1.09. The molecule has 0 heterocycles. The second-order valence-corrected chi connectivity index (χ2v) is 3.98. The fraction of sp³-hybridized carbons (Fsp3) is 0.273. The molecule has 0 atom stereocenters.